The van der Waals surface area contributed by atoms with Gasteiger partial charge in [-0.05, 0) is 17.7 Å². The third kappa shape index (κ3) is 4.41. The lowest BCUT2D eigenvalue weighted by Gasteiger charge is -2.18. The number of anilines is 1. The van der Waals surface area contributed by atoms with Crippen molar-refractivity contribution in [1.82, 2.24) is 9.97 Å². The molecule has 3 N–H and O–H groups in total. The van der Waals surface area contributed by atoms with Gasteiger partial charge >= 0.3 is 0 Å². The Balaban J connectivity index is 2.19. The fourth-order valence-corrected chi connectivity index (χ4v) is 2.14. The van der Waals surface area contributed by atoms with Crippen molar-refractivity contribution >= 4 is 21.7 Å². The van der Waals surface area contributed by atoms with E-state index in [1.807, 2.05) is 45.0 Å². The first-order chi connectivity index (χ1) is 9.88. The van der Waals surface area contributed by atoms with E-state index in [-0.39, 0.29) is 5.41 Å². The monoisotopic (exact) mass is 350 g/mol. The fraction of sp³-hybridized carbons (Fsp3) is 0.333. The molecule has 2 aromatic rings. The number of hydrogen-bond acceptors (Lipinski definition) is 5. The Kier molecular flexibility index (Phi) is 4.80. The predicted octanol–water partition coefficient (Wildman–Crippen LogP) is 3.40. The predicted molar refractivity (Wildman–Crippen MR) is 87.0 cm³/mol. The SMILES string of the molecule is CC(C)(C)c1nc(NN)cc(OCc2cccc(Br)c2)n1. The van der Waals surface area contributed by atoms with Crippen molar-refractivity contribution < 1.29 is 4.74 Å². The van der Waals surface area contributed by atoms with Gasteiger partial charge in [-0.25, -0.2) is 10.8 Å². The van der Waals surface area contributed by atoms with Gasteiger partial charge in [0.2, 0.25) is 5.88 Å². The molecule has 1 aromatic carbocycles. The number of hydrogen-bond donors (Lipinski definition) is 2. The summed E-state index contributed by atoms with van der Waals surface area (Å²) < 4.78 is 6.78. The van der Waals surface area contributed by atoms with Crippen molar-refractivity contribution in [2.24, 2.45) is 5.84 Å². The van der Waals surface area contributed by atoms with Crippen LogP contribution >= 0.6 is 15.9 Å². The molecule has 0 radical (unpaired) electrons. The van der Waals surface area contributed by atoms with E-state index >= 15 is 0 Å². The third-order valence-corrected chi connectivity index (χ3v) is 3.29. The fourth-order valence-electron chi connectivity index (χ4n) is 1.69. The van der Waals surface area contributed by atoms with Crippen molar-refractivity contribution in [1.29, 1.82) is 0 Å². The summed E-state index contributed by atoms with van der Waals surface area (Å²) in [5, 5.41) is 0. The van der Waals surface area contributed by atoms with Crippen molar-refractivity contribution in [3.05, 3.63) is 46.2 Å². The molecule has 0 amide bonds. The maximum atomic E-state index is 5.76. The lowest BCUT2D eigenvalue weighted by molar-refractivity contribution is 0.290. The van der Waals surface area contributed by atoms with E-state index in [9.17, 15) is 0 Å². The van der Waals surface area contributed by atoms with Crippen molar-refractivity contribution in [2.45, 2.75) is 32.8 Å². The molecule has 5 nitrogen and oxygen atoms in total. The summed E-state index contributed by atoms with van der Waals surface area (Å²) in [6, 6.07) is 9.64. The highest BCUT2D eigenvalue weighted by atomic mass is 79.9. The molecule has 1 heterocycles. The third-order valence-electron chi connectivity index (χ3n) is 2.80. The number of ether oxygens (including phenoxy) is 1. The Morgan fingerprint density at radius 2 is 2.00 bits per heavy atom. The smallest absolute Gasteiger partial charge is 0.219 e. The van der Waals surface area contributed by atoms with Crippen LogP contribution in [-0.4, -0.2) is 9.97 Å². The van der Waals surface area contributed by atoms with Gasteiger partial charge in [0.15, 0.2) is 0 Å². The quantitative estimate of drug-likeness (QED) is 0.652. The molecule has 112 valence electrons. The average Bonchev–Trinajstić information content (AvgIpc) is 2.44. The van der Waals surface area contributed by atoms with Gasteiger partial charge in [0.05, 0.1) is 0 Å². The Labute approximate surface area is 133 Å². The lowest BCUT2D eigenvalue weighted by Crippen LogP contribution is -2.19. The van der Waals surface area contributed by atoms with Crippen LogP contribution < -0.4 is 16.0 Å². The number of halogens is 1. The molecular formula is C15H19BrN4O. The Bertz CT molecular complexity index is 625. The normalized spacial score (nSPS) is 11.3. The second kappa shape index (κ2) is 6.41. The molecule has 0 saturated heterocycles. The molecule has 0 fully saturated rings. The topological polar surface area (TPSA) is 73.1 Å². The summed E-state index contributed by atoms with van der Waals surface area (Å²) in [5.74, 6) is 7.18. The van der Waals surface area contributed by atoms with E-state index in [0.29, 0.717) is 24.1 Å². The van der Waals surface area contributed by atoms with Crippen LogP contribution in [0, 0.1) is 0 Å². The van der Waals surface area contributed by atoms with Crippen LogP contribution in [0.5, 0.6) is 5.88 Å². The van der Waals surface area contributed by atoms with Gasteiger partial charge < -0.3 is 10.2 Å². The number of benzene rings is 1. The zero-order valence-corrected chi connectivity index (χ0v) is 13.9. The van der Waals surface area contributed by atoms with Crippen LogP contribution in [0.4, 0.5) is 5.82 Å². The minimum absolute atomic E-state index is 0.180. The Hall–Kier alpha value is -1.66. The molecule has 0 unspecified atom stereocenters. The zero-order chi connectivity index (χ0) is 15.5. The zero-order valence-electron chi connectivity index (χ0n) is 12.4. The van der Waals surface area contributed by atoms with E-state index in [0.717, 1.165) is 10.0 Å². The summed E-state index contributed by atoms with van der Waals surface area (Å²) in [4.78, 5) is 8.81. The first-order valence-electron chi connectivity index (χ1n) is 6.62. The number of rotatable bonds is 4. The van der Waals surface area contributed by atoms with Crippen molar-refractivity contribution in [3.63, 3.8) is 0 Å². The van der Waals surface area contributed by atoms with Crippen LogP contribution in [0.2, 0.25) is 0 Å². The van der Waals surface area contributed by atoms with E-state index < -0.39 is 0 Å². The van der Waals surface area contributed by atoms with Crippen LogP contribution in [0.25, 0.3) is 0 Å². The average molecular weight is 351 g/mol. The molecule has 0 aliphatic rings. The van der Waals surface area contributed by atoms with Crippen LogP contribution in [-0.2, 0) is 12.0 Å². The van der Waals surface area contributed by atoms with Gasteiger partial charge in [-0.3, -0.25) is 0 Å². The molecule has 6 heteroatoms. The molecule has 2 rings (SSSR count). The molecular weight excluding hydrogens is 332 g/mol. The van der Waals surface area contributed by atoms with Crippen LogP contribution in [0.1, 0.15) is 32.2 Å². The van der Waals surface area contributed by atoms with E-state index in [1.54, 1.807) is 6.07 Å². The van der Waals surface area contributed by atoms with Gasteiger partial charge in [0.1, 0.15) is 18.2 Å². The molecule has 0 aliphatic heterocycles. The van der Waals surface area contributed by atoms with E-state index in [1.165, 1.54) is 0 Å². The first kappa shape index (κ1) is 15.7. The Morgan fingerprint density at radius 3 is 2.62 bits per heavy atom. The standard InChI is InChI=1S/C15H19BrN4O/c1-15(2,3)14-18-12(20-17)8-13(19-14)21-9-10-5-4-6-11(16)7-10/h4-8H,9,17H2,1-3H3,(H,18,19,20). The second-order valence-corrected chi connectivity index (χ2v) is 6.64. The second-order valence-electron chi connectivity index (χ2n) is 5.73. The lowest BCUT2D eigenvalue weighted by atomic mass is 9.96. The highest BCUT2D eigenvalue weighted by Gasteiger charge is 2.19. The van der Waals surface area contributed by atoms with Gasteiger partial charge in [-0.15, -0.1) is 0 Å². The number of aromatic nitrogens is 2. The summed E-state index contributed by atoms with van der Waals surface area (Å²) in [5.41, 5.74) is 3.43. The molecule has 0 spiro atoms. The van der Waals surface area contributed by atoms with Crippen LogP contribution in [0.15, 0.2) is 34.8 Å². The summed E-state index contributed by atoms with van der Waals surface area (Å²) >= 11 is 3.44. The number of nitrogen functional groups attached to an aromatic ring is 1. The molecule has 0 atom stereocenters. The number of nitrogens with zero attached hydrogens (tertiary/aromatic N) is 2. The summed E-state index contributed by atoms with van der Waals surface area (Å²) in [6.45, 7) is 6.56. The van der Waals surface area contributed by atoms with Gasteiger partial charge in [-0.2, -0.15) is 4.98 Å². The largest absolute Gasteiger partial charge is 0.473 e. The minimum atomic E-state index is -0.180. The van der Waals surface area contributed by atoms with Crippen LogP contribution in [0.3, 0.4) is 0 Å². The van der Waals surface area contributed by atoms with E-state index in [4.69, 9.17) is 10.6 Å². The molecule has 0 bridgehead atoms. The number of nitrogens with one attached hydrogen (secondary N) is 1. The van der Waals surface area contributed by atoms with Gasteiger partial charge in [-0.1, -0.05) is 48.8 Å². The molecule has 1 aromatic heterocycles. The Morgan fingerprint density at radius 1 is 1.24 bits per heavy atom. The van der Waals surface area contributed by atoms with Crippen molar-refractivity contribution in [2.75, 3.05) is 5.43 Å². The maximum absolute atomic E-state index is 5.76. The van der Waals surface area contributed by atoms with Crippen molar-refractivity contribution in [3.8, 4) is 5.88 Å². The summed E-state index contributed by atoms with van der Waals surface area (Å²) in [6.07, 6.45) is 0. The first-order valence-corrected chi connectivity index (χ1v) is 7.41. The number of nitrogens with two attached hydrogens (primary N) is 1. The number of hydrazine groups is 1. The maximum Gasteiger partial charge on any atom is 0.219 e. The summed E-state index contributed by atoms with van der Waals surface area (Å²) in [7, 11) is 0. The molecule has 0 aliphatic carbocycles. The van der Waals surface area contributed by atoms with E-state index in [2.05, 4.69) is 31.3 Å². The highest BCUT2D eigenvalue weighted by molar-refractivity contribution is 9.10. The highest BCUT2D eigenvalue weighted by Crippen LogP contribution is 2.23. The van der Waals surface area contributed by atoms with Gasteiger partial charge in [0, 0.05) is 16.0 Å². The van der Waals surface area contributed by atoms with Gasteiger partial charge in [0.25, 0.3) is 0 Å². The molecule has 0 saturated carbocycles. The minimum Gasteiger partial charge on any atom is -0.473 e. The molecule has 21 heavy (non-hydrogen) atoms.